The second kappa shape index (κ2) is 9.87. The van der Waals surface area contributed by atoms with E-state index in [9.17, 15) is 14.4 Å². The van der Waals surface area contributed by atoms with Crippen LogP contribution in [0, 0.1) is 0 Å². The van der Waals surface area contributed by atoms with Crippen LogP contribution in [0.5, 0.6) is 0 Å². The molecule has 1 aliphatic carbocycles. The van der Waals surface area contributed by atoms with Gasteiger partial charge >= 0.3 is 6.03 Å². The number of amides is 3. The van der Waals surface area contributed by atoms with Gasteiger partial charge < -0.3 is 10.2 Å². The third kappa shape index (κ3) is 5.79. The fourth-order valence-corrected chi connectivity index (χ4v) is 4.12. The van der Waals surface area contributed by atoms with Crippen LogP contribution in [0.25, 0.3) is 0 Å². The fourth-order valence-electron chi connectivity index (χ4n) is 4.12. The highest BCUT2D eigenvalue weighted by molar-refractivity contribution is 5.97. The minimum Gasteiger partial charge on any atom is -0.369 e. The van der Waals surface area contributed by atoms with Gasteiger partial charge in [0.15, 0.2) is 5.78 Å². The molecule has 0 bridgehead atoms. The molecule has 1 saturated heterocycles. The molecule has 1 aromatic carbocycles. The number of nitrogens with zero attached hydrogens (tertiary/aromatic N) is 2. The van der Waals surface area contributed by atoms with Crippen LogP contribution in [0.1, 0.15) is 56.3 Å². The van der Waals surface area contributed by atoms with Gasteiger partial charge in [-0.05, 0) is 51.0 Å². The van der Waals surface area contributed by atoms with Crippen molar-refractivity contribution in [2.24, 2.45) is 0 Å². The summed E-state index contributed by atoms with van der Waals surface area (Å²) in [6, 6.07) is 7.10. The van der Waals surface area contributed by atoms with Crippen LogP contribution in [0.3, 0.4) is 0 Å². The van der Waals surface area contributed by atoms with Crippen LogP contribution >= 0.6 is 0 Å². The molecule has 0 spiro atoms. The number of urea groups is 1. The SMILES string of the molecule is CC(=O)c1ccc(N2CCN([C@H](C)C(=O)NC(=O)NC3CCCCC3)CC2)cc1. The van der Waals surface area contributed by atoms with Crippen molar-refractivity contribution in [3.8, 4) is 0 Å². The van der Waals surface area contributed by atoms with Gasteiger partial charge in [0.1, 0.15) is 0 Å². The number of imide groups is 1. The number of hydrogen-bond donors (Lipinski definition) is 2. The van der Waals surface area contributed by atoms with Crippen molar-refractivity contribution >= 4 is 23.4 Å². The number of benzene rings is 1. The lowest BCUT2D eigenvalue weighted by Gasteiger charge is -2.38. The first-order valence-electron chi connectivity index (χ1n) is 10.7. The van der Waals surface area contributed by atoms with E-state index in [-0.39, 0.29) is 29.8 Å². The summed E-state index contributed by atoms with van der Waals surface area (Å²) in [4.78, 5) is 40.4. The van der Waals surface area contributed by atoms with E-state index in [1.807, 2.05) is 31.2 Å². The lowest BCUT2D eigenvalue weighted by atomic mass is 9.96. The molecule has 29 heavy (non-hydrogen) atoms. The average Bonchev–Trinajstić information content (AvgIpc) is 2.74. The minimum absolute atomic E-state index is 0.0636. The van der Waals surface area contributed by atoms with E-state index in [4.69, 9.17) is 0 Å². The van der Waals surface area contributed by atoms with Crippen LogP contribution in [-0.4, -0.2) is 60.9 Å². The Kier molecular flexibility index (Phi) is 7.25. The zero-order valence-electron chi connectivity index (χ0n) is 17.4. The third-order valence-corrected chi connectivity index (χ3v) is 6.06. The molecule has 3 rings (SSSR count). The summed E-state index contributed by atoms with van der Waals surface area (Å²) in [6.07, 6.45) is 5.48. The zero-order chi connectivity index (χ0) is 20.8. The van der Waals surface area contributed by atoms with E-state index in [1.165, 1.54) is 6.42 Å². The van der Waals surface area contributed by atoms with Crippen LogP contribution < -0.4 is 15.5 Å². The summed E-state index contributed by atoms with van der Waals surface area (Å²) < 4.78 is 0. The first-order valence-corrected chi connectivity index (χ1v) is 10.7. The van der Waals surface area contributed by atoms with Crippen molar-refractivity contribution in [3.63, 3.8) is 0 Å². The first-order chi connectivity index (χ1) is 13.9. The Morgan fingerprint density at radius 1 is 0.966 bits per heavy atom. The van der Waals surface area contributed by atoms with Crippen molar-refractivity contribution in [2.45, 2.75) is 58.0 Å². The van der Waals surface area contributed by atoms with E-state index in [0.29, 0.717) is 5.56 Å². The van der Waals surface area contributed by atoms with Crippen LogP contribution in [-0.2, 0) is 4.79 Å². The van der Waals surface area contributed by atoms with Gasteiger partial charge in [0.2, 0.25) is 5.91 Å². The van der Waals surface area contributed by atoms with Gasteiger partial charge in [-0.25, -0.2) is 4.79 Å². The summed E-state index contributed by atoms with van der Waals surface area (Å²) in [7, 11) is 0. The molecule has 0 radical (unpaired) electrons. The normalized spacial score (nSPS) is 19.4. The topological polar surface area (TPSA) is 81.8 Å². The van der Waals surface area contributed by atoms with Crippen molar-refractivity contribution in [2.75, 3.05) is 31.1 Å². The molecule has 7 heteroatoms. The van der Waals surface area contributed by atoms with Gasteiger partial charge in [0, 0.05) is 43.5 Å². The number of hydrogen-bond acceptors (Lipinski definition) is 5. The molecule has 7 nitrogen and oxygen atoms in total. The molecule has 0 aromatic heterocycles. The smallest absolute Gasteiger partial charge is 0.321 e. The predicted octanol–water partition coefficient (Wildman–Crippen LogP) is 2.56. The van der Waals surface area contributed by atoms with Crippen LogP contribution in [0.15, 0.2) is 24.3 Å². The minimum atomic E-state index is -0.377. The molecule has 1 aromatic rings. The number of carbonyl (C=O) groups is 3. The van der Waals surface area contributed by atoms with Gasteiger partial charge in [-0.15, -0.1) is 0 Å². The highest BCUT2D eigenvalue weighted by atomic mass is 16.2. The van der Waals surface area contributed by atoms with E-state index < -0.39 is 0 Å². The van der Waals surface area contributed by atoms with Gasteiger partial charge in [-0.3, -0.25) is 19.8 Å². The molecule has 2 fully saturated rings. The molecule has 158 valence electrons. The van der Waals surface area contributed by atoms with Crippen molar-refractivity contribution in [1.82, 2.24) is 15.5 Å². The summed E-state index contributed by atoms with van der Waals surface area (Å²) in [5.74, 6) is -0.189. The van der Waals surface area contributed by atoms with Crippen LogP contribution in [0.4, 0.5) is 10.5 Å². The lowest BCUT2D eigenvalue weighted by Crippen LogP contribution is -2.56. The molecule has 2 aliphatic rings. The largest absolute Gasteiger partial charge is 0.369 e. The first kappa shape index (κ1) is 21.3. The van der Waals surface area contributed by atoms with E-state index in [0.717, 1.165) is 57.5 Å². The molecule has 1 saturated carbocycles. The monoisotopic (exact) mass is 400 g/mol. The molecular formula is C22H32N4O3. The lowest BCUT2D eigenvalue weighted by molar-refractivity contribution is -0.124. The maximum Gasteiger partial charge on any atom is 0.321 e. The number of ketones is 1. The van der Waals surface area contributed by atoms with Crippen LogP contribution in [0.2, 0.25) is 0 Å². The molecular weight excluding hydrogens is 368 g/mol. The van der Waals surface area contributed by atoms with Gasteiger partial charge in [-0.2, -0.15) is 0 Å². The van der Waals surface area contributed by atoms with Crippen molar-refractivity contribution in [1.29, 1.82) is 0 Å². The Bertz CT molecular complexity index is 720. The van der Waals surface area contributed by atoms with Gasteiger partial charge in [0.05, 0.1) is 6.04 Å². The van der Waals surface area contributed by atoms with Crippen molar-refractivity contribution in [3.05, 3.63) is 29.8 Å². The predicted molar refractivity (Wildman–Crippen MR) is 113 cm³/mol. The standard InChI is InChI=1S/C22H32N4O3/c1-16(21(28)24-22(29)23-19-6-4-3-5-7-19)25-12-14-26(15-13-25)20-10-8-18(9-11-20)17(2)27/h8-11,16,19H,3-7,12-15H2,1-2H3,(H2,23,24,28,29)/t16-/m1/s1. The summed E-state index contributed by atoms with van der Waals surface area (Å²) in [5.41, 5.74) is 1.79. The number of nitrogens with one attached hydrogen (secondary N) is 2. The quantitative estimate of drug-likeness (QED) is 0.743. The van der Waals surface area contributed by atoms with E-state index in [2.05, 4.69) is 20.4 Å². The van der Waals surface area contributed by atoms with E-state index >= 15 is 0 Å². The highest BCUT2D eigenvalue weighted by Gasteiger charge is 2.27. The second-order valence-electron chi connectivity index (χ2n) is 8.10. The Hall–Kier alpha value is -2.41. The Morgan fingerprint density at radius 3 is 2.17 bits per heavy atom. The van der Waals surface area contributed by atoms with Gasteiger partial charge in [0.25, 0.3) is 0 Å². The molecule has 1 atom stereocenters. The summed E-state index contributed by atoms with van der Waals surface area (Å²) in [6.45, 7) is 6.49. The fraction of sp³-hybridized carbons (Fsp3) is 0.591. The molecule has 0 unspecified atom stereocenters. The second-order valence-corrected chi connectivity index (χ2v) is 8.10. The number of Topliss-reactive ketones (excluding diaryl/α,β-unsaturated/α-hetero) is 1. The molecule has 1 aliphatic heterocycles. The van der Waals surface area contributed by atoms with E-state index in [1.54, 1.807) is 6.92 Å². The Balaban J connectivity index is 1.44. The number of piperazine rings is 1. The number of rotatable bonds is 5. The highest BCUT2D eigenvalue weighted by Crippen LogP contribution is 2.19. The maximum atomic E-state index is 12.5. The summed E-state index contributed by atoms with van der Waals surface area (Å²) in [5, 5.41) is 5.43. The Morgan fingerprint density at radius 2 is 1.59 bits per heavy atom. The number of carbonyl (C=O) groups excluding carboxylic acids is 3. The number of anilines is 1. The van der Waals surface area contributed by atoms with Gasteiger partial charge in [-0.1, -0.05) is 19.3 Å². The molecule has 1 heterocycles. The zero-order valence-corrected chi connectivity index (χ0v) is 17.4. The molecule has 3 amide bonds. The average molecular weight is 401 g/mol. The summed E-state index contributed by atoms with van der Waals surface area (Å²) >= 11 is 0. The maximum absolute atomic E-state index is 12.5. The third-order valence-electron chi connectivity index (χ3n) is 6.06. The Labute approximate surface area is 172 Å². The molecule has 2 N–H and O–H groups in total. The van der Waals surface area contributed by atoms with Crippen molar-refractivity contribution < 1.29 is 14.4 Å².